The molecule has 0 atom stereocenters. The molecular weight excluding hydrogens is 2170 g/mol. The van der Waals surface area contributed by atoms with Crippen molar-refractivity contribution in [3.8, 4) is 46.0 Å². The molecule has 27 heteroatoms. The molecule has 0 aliphatic rings. The van der Waals surface area contributed by atoms with Gasteiger partial charge in [-0.1, -0.05) is 157 Å². The van der Waals surface area contributed by atoms with Gasteiger partial charge in [-0.2, -0.15) is 0 Å². The van der Waals surface area contributed by atoms with Gasteiger partial charge in [-0.25, -0.2) is 0 Å². The molecule has 0 bridgehead atoms. The molecule has 106 heavy (non-hydrogen) atoms. The first-order chi connectivity index (χ1) is 51.1. The second-order valence-corrected chi connectivity index (χ2v) is 60.6. The summed E-state index contributed by atoms with van der Waals surface area (Å²) in [6.45, 7) is 14.3. The second-order valence-electron chi connectivity index (χ2n) is 21.2. The minimum atomic E-state index is 0.125. The van der Waals surface area contributed by atoms with Crippen molar-refractivity contribution in [1.29, 1.82) is 0 Å². The molecule has 11 aromatic rings. The zero-order valence-corrected chi connectivity index (χ0v) is 82.3. The average Bonchev–Trinajstić information content (AvgIpc) is 0.860. The Balaban J connectivity index is 0.000000430. The van der Waals surface area contributed by atoms with Crippen LogP contribution in [0.4, 0.5) is 28.4 Å². The van der Waals surface area contributed by atoms with Crippen LogP contribution >= 0.6 is 132 Å². The number of benzene rings is 11. The Hall–Kier alpha value is -3.26. The molecule has 11 aromatic carbocycles. The molecule has 548 valence electrons. The van der Waals surface area contributed by atoms with Crippen LogP contribution in [0.25, 0.3) is 0 Å². The van der Waals surface area contributed by atoms with Crippen molar-refractivity contribution in [3.63, 3.8) is 0 Å². The number of rotatable bonds is 13. The second kappa shape index (κ2) is 61.3. The van der Waals surface area contributed by atoms with Gasteiger partial charge in [-0.05, 0) is 179 Å². The van der Waals surface area contributed by atoms with Crippen LogP contribution in [0.2, 0.25) is 0 Å². The summed E-state index contributed by atoms with van der Waals surface area (Å²) in [5.74, 6) is 3.31. The summed E-state index contributed by atoms with van der Waals surface area (Å²) in [4.78, 5) is 22.1. The van der Waals surface area contributed by atoms with Gasteiger partial charge in [0.05, 0.1) is 24.2 Å². The molecule has 0 heterocycles. The van der Waals surface area contributed by atoms with E-state index in [4.69, 9.17) is 9.47 Å². The molecule has 0 aliphatic heterocycles. The van der Waals surface area contributed by atoms with Crippen LogP contribution in [0.1, 0.15) is 66.8 Å². The molecule has 0 amide bonds. The van der Waals surface area contributed by atoms with Gasteiger partial charge < -0.3 is 35.0 Å². The summed E-state index contributed by atoms with van der Waals surface area (Å²) in [5.41, 5.74) is 16.0. The number of aromatic hydroxyl groups is 5. The molecule has 12 nitrogen and oxygen atoms in total. The number of methoxy groups -OCH3 is 1. The van der Waals surface area contributed by atoms with Crippen molar-refractivity contribution in [2.75, 3.05) is 7.11 Å². The molecule has 0 fully saturated rings. The Morgan fingerprint density at radius 2 is 0.509 bits per heavy atom. The molecule has 0 aliphatic carbocycles. The van der Waals surface area contributed by atoms with E-state index in [-0.39, 0.29) is 104 Å². The molecule has 0 saturated carbocycles. The fraction of sp³-hybridized carbons (Fsp3) is 0.101. The van der Waals surface area contributed by atoms with Gasteiger partial charge in [-0.15, -0.1) is 0 Å². The summed E-state index contributed by atoms with van der Waals surface area (Å²) in [6.07, 6.45) is 8.35. The van der Waals surface area contributed by atoms with E-state index in [1.54, 1.807) is 111 Å². The minimum absolute atomic E-state index is 0.125. The number of ether oxygens (including phenoxy) is 2. The van der Waals surface area contributed by atoms with Gasteiger partial charge in [0.15, 0.2) is 5.75 Å². The zero-order valence-electron chi connectivity index (χ0n) is 58.6. The van der Waals surface area contributed by atoms with Gasteiger partial charge in [0, 0.05) is 58.9 Å². The van der Waals surface area contributed by atoms with E-state index in [1.807, 2.05) is 191 Å². The standard InChI is InChI=1S/C19H15NO2.C16H17NO.2C15H15NO.C14H13NO2.10BrH.5Ti/c21-18-12-6-4-8-15(18)14-20-17-11-5-7-13-19(17)22-16-9-2-1-3-10-16;1-11-8-12(2)16(13(3)9-11)17-10-14-6-4-5-7-15(14)18;2*1-11-6-5-7-12(2)15(11)16-10-13-8-3-4-9-14(13)17;1-17-14-9-5-3-7-12(14)15-10-11-6-2-4-8-13(11)16;;;;;;;;;;;;;;;/h1-14,21H;4-10,18H,1-3H3;2*3-10,17H,1-2H3;2-10,16H,1H3;10*1H;;;;;/q;;;;;;;;;;;;;;;5*+2/p-10. The van der Waals surface area contributed by atoms with Gasteiger partial charge in [0.25, 0.3) is 0 Å². The van der Waals surface area contributed by atoms with Crippen molar-refractivity contribution in [2.45, 2.75) is 48.5 Å². The first-order valence-electron chi connectivity index (χ1n) is 31.2. The number of hydrogen-bond acceptors (Lipinski definition) is 12. The maximum absolute atomic E-state index is 9.77. The average molecular weight is 2240 g/mol. The monoisotopic (exact) mass is 2230 g/mol. The molecule has 0 unspecified atom stereocenters. The van der Waals surface area contributed by atoms with E-state index in [9.17, 15) is 25.5 Å². The molecule has 0 spiro atoms. The van der Waals surface area contributed by atoms with Crippen LogP contribution in [0.5, 0.6) is 46.0 Å². The molecule has 5 N–H and O–H groups in total. The summed E-state index contributed by atoms with van der Waals surface area (Å²) in [6, 6.07) is 76.6. The molecule has 0 saturated heterocycles. The number of nitrogens with zero attached hydrogens (tertiary/aromatic N) is 5. The Morgan fingerprint density at radius 3 is 0.802 bits per heavy atom. The molecule has 0 aromatic heterocycles. The molecule has 0 radical (unpaired) electrons. The number of halogens is 10. The third-order valence-electron chi connectivity index (χ3n) is 13.8. The van der Waals surface area contributed by atoms with E-state index >= 15 is 0 Å². The summed E-state index contributed by atoms with van der Waals surface area (Å²) < 4.78 is 11.0. The number of hydrogen-bond donors (Lipinski definition) is 5. The predicted molar refractivity (Wildman–Crippen MR) is 465 cm³/mol. The van der Waals surface area contributed by atoms with Gasteiger partial charge >= 0.3 is 206 Å². The first kappa shape index (κ1) is 98.8. The van der Waals surface area contributed by atoms with Crippen molar-refractivity contribution >= 4 is 191 Å². The summed E-state index contributed by atoms with van der Waals surface area (Å²) >= 11 is 32.5. The number of aliphatic imine (C=N–C) groups is 5. The first-order valence-corrected chi connectivity index (χ1v) is 69.8. The third-order valence-corrected chi connectivity index (χ3v) is 13.8. The topological polar surface area (TPSA) is 181 Å². The van der Waals surface area contributed by atoms with Crippen molar-refractivity contribution in [3.05, 3.63) is 315 Å². The Bertz CT molecular complexity index is 4300. The van der Waals surface area contributed by atoms with E-state index in [0.29, 0.717) is 28.3 Å². The number of para-hydroxylation sites is 12. The van der Waals surface area contributed by atoms with Crippen LogP contribution in [0, 0.1) is 48.5 Å². The third kappa shape index (κ3) is 40.8. The fourth-order valence-electron chi connectivity index (χ4n) is 9.06. The van der Waals surface area contributed by atoms with Crippen LogP contribution in [0.15, 0.2) is 274 Å². The van der Waals surface area contributed by atoms with Crippen LogP contribution in [0.3, 0.4) is 0 Å². The Morgan fingerprint density at radius 1 is 0.274 bits per heavy atom. The summed E-state index contributed by atoms with van der Waals surface area (Å²) in [7, 11) is 1.61. The van der Waals surface area contributed by atoms with Crippen LogP contribution in [-0.2, 0) is 74.8 Å². The normalized spacial score (nSPS) is 9.98. The quantitative estimate of drug-likeness (QED) is 0.0562. The van der Waals surface area contributed by atoms with Gasteiger partial charge in [0.2, 0.25) is 0 Å². The van der Waals surface area contributed by atoms with Crippen LogP contribution < -0.4 is 9.47 Å². The number of aryl methyl sites for hydroxylation is 7. The van der Waals surface area contributed by atoms with Crippen molar-refractivity contribution < 1.29 is 110 Å². The van der Waals surface area contributed by atoms with E-state index in [1.165, 1.54) is 5.56 Å². The maximum atomic E-state index is 9.77. The Kier molecular flexibility index (Phi) is 57.2. The van der Waals surface area contributed by atoms with E-state index in [2.05, 4.69) is 189 Å². The zero-order chi connectivity index (χ0) is 78.4. The fourth-order valence-corrected chi connectivity index (χ4v) is 9.06. The number of phenolic OH excluding ortho intramolecular Hbond substituents is 5. The molecular formula is C79H75Br10N5O7Ti5. The van der Waals surface area contributed by atoms with Gasteiger partial charge in [0.1, 0.15) is 51.6 Å². The van der Waals surface area contributed by atoms with Crippen LogP contribution in [-0.4, -0.2) is 63.7 Å². The Labute approximate surface area is 732 Å². The summed E-state index contributed by atoms with van der Waals surface area (Å²) in [5, 5.41) is 48.3. The van der Waals surface area contributed by atoms with Crippen molar-refractivity contribution in [2.24, 2.45) is 25.0 Å². The van der Waals surface area contributed by atoms with Gasteiger partial charge in [-0.3, -0.25) is 25.0 Å². The van der Waals surface area contributed by atoms with E-state index < -0.39 is 0 Å². The van der Waals surface area contributed by atoms with Crippen molar-refractivity contribution in [1.82, 2.24) is 0 Å². The molecule has 11 rings (SSSR count). The number of phenols is 5. The predicted octanol–water partition coefficient (Wildman–Crippen LogP) is 28.1. The van der Waals surface area contributed by atoms with E-state index in [0.717, 1.165) is 78.6 Å². The SMILES string of the molecule is COc1ccccc1N=Cc1ccccc1O.Cc1cc(C)c(N=Cc2ccccc2O)c(C)c1.Cc1cccc(C)c1N=Cc1ccccc1O.Cc1cccc(C)c1N=Cc1ccccc1O.Oc1ccccc1C=Nc1ccccc1Oc1ccccc1.[Br][Ti][Br].[Br][Ti][Br].[Br][Ti][Br].[Br][Ti][Br].[Br][Ti][Br].